The van der Waals surface area contributed by atoms with Crippen molar-refractivity contribution in [3.8, 4) is 0 Å². The average Bonchev–Trinajstić information content (AvgIpc) is 3.11. The second-order valence-electron chi connectivity index (χ2n) is 5.45. The van der Waals surface area contributed by atoms with Gasteiger partial charge in [0.2, 0.25) is 0 Å². The molecule has 3 aromatic rings. The molecule has 1 unspecified atom stereocenters. The van der Waals surface area contributed by atoms with Gasteiger partial charge in [-0.2, -0.15) is 5.10 Å². The maximum Gasteiger partial charge on any atom is 0.274 e. The van der Waals surface area contributed by atoms with Gasteiger partial charge in [-0.05, 0) is 35.9 Å². The minimum Gasteiger partial charge on any atom is -0.330 e. The number of carbonyl (C=O) groups excluding carboxylic acids is 1. The van der Waals surface area contributed by atoms with Crippen molar-refractivity contribution in [2.75, 3.05) is 6.54 Å². The standard InChI is InChI=1S/C15H12FIN4OS/c1-8-14-10(16)7-23-12(14)2-3-20(8)15(22)11-4-13-18-5-9(17)6-21(13)19-11/h4-8H,2-3H2,1H3. The van der Waals surface area contributed by atoms with E-state index in [4.69, 9.17) is 0 Å². The van der Waals surface area contributed by atoms with E-state index < -0.39 is 0 Å². The van der Waals surface area contributed by atoms with Crippen LogP contribution >= 0.6 is 33.9 Å². The van der Waals surface area contributed by atoms with E-state index in [1.165, 1.54) is 16.7 Å². The molecule has 3 aromatic heterocycles. The molecule has 0 aliphatic carbocycles. The summed E-state index contributed by atoms with van der Waals surface area (Å²) in [7, 11) is 0. The van der Waals surface area contributed by atoms with E-state index in [0.29, 0.717) is 29.9 Å². The van der Waals surface area contributed by atoms with Crippen molar-refractivity contribution in [2.24, 2.45) is 0 Å². The quantitative estimate of drug-likeness (QED) is 0.544. The van der Waals surface area contributed by atoms with Gasteiger partial charge in [-0.25, -0.2) is 13.9 Å². The van der Waals surface area contributed by atoms with Crippen molar-refractivity contribution < 1.29 is 9.18 Å². The highest BCUT2D eigenvalue weighted by Gasteiger charge is 2.32. The first-order chi connectivity index (χ1) is 11.0. The normalized spacial score (nSPS) is 17.5. The summed E-state index contributed by atoms with van der Waals surface area (Å²) < 4.78 is 16.5. The number of carbonyl (C=O) groups is 1. The zero-order chi connectivity index (χ0) is 16.1. The van der Waals surface area contributed by atoms with Crippen LogP contribution in [0.1, 0.15) is 33.9 Å². The van der Waals surface area contributed by atoms with E-state index in [0.717, 1.165) is 8.45 Å². The fourth-order valence-corrected chi connectivity index (χ4v) is 4.34. The highest BCUT2D eigenvalue weighted by Crippen LogP contribution is 2.36. The van der Waals surface area contributed by atoms with Crippen LogP contribution in [0.5, 0.6) is 0 Å². The first-order valence-corrected chi connectivity index (χ1v) is 9.08. The zero-order valence-corrected chi connectivity index (χ0v) is 15.1. The van der Waals surface area contributed by atoms with E-state index in [9.17, 15) is 9.18 Å². The SMILES string of the molecule is CC1c2c(F)csc2CCN1C(=O)c1cc2ncc(I)cn2n1. The van der Waals surface area contributed by atoms with Gasteiger partial charge >= 0.3 is 0 Å². The summed E-state index contributed by atoms with van der Waals surface area (Å²) in [6.07, 6.45) is 4.22. The van der Waals surface area contributed by atoms with Gasteiger partial charge in [-0.15, -0.1) is 11.3 Å². The van der Waals surface area contributed by atoms with Crippen LogP contribution in [0.3, 0.4) is 0 Å². The lowest BCUT2D eigenvalue weighted by Crippen LogP contribution is -2.38. The monoisotopic (exact) mass is 442 g/mol. The lowest BCUT2D eigenvalue weighted by atomic mass is 10.0. The maximum absolute atomic E-state index is 14.0. The van der Waals surface area contributed by atoms with Gasteiger partial charge in [0, 0.05) is 44.4 Å². The van der Waals surface area contributed by atoms with Gasteiger partial charge in [0.1, 0.15) is 5.82 Å². The molecule has 1 amide bonds. The van der Waals surface area contributed by atoms with Crippen molar-refractivity contribution >= 4 is 45.5 Å². The minimum absolute atomic E-state index is 0.186. The van der Waals surface area contributed by atoms with E-state index >= 15 is 0 Å². The molecular formula is C15H12FIN4OS. The summed E-state index contributed by atoms with van der Waals surface area (Å²) in [5.74, 6) is -0.407. The minimum atomic E-state index is -0.282. The Morgan fingerprint density at radius 3 is 3.17 bits per heavy atom. The highest BCUT2D eigenvalue weighted by atomic mass is 127. The second kappa shape index (κ2) is 5.52. The van der Waals surface area contributed by atoms with Crippen molar-refractivity contribution in [3.05, 3.63) is 49.4 Å². The van der Waals surface area contributed by atoms with Gasteiger partial charge in [0.25, 0.3) is 5.91 Å². The molecule has 1 aliphatic rings. The van der Waals surface area contributed by atoms with Crippen molar-refractivity contribution in [1.29, 1.82) is 0 Å². The number of hydrogen-bond acceptors (Lipinski definition) is 4. The maximum atomic E-state index is 14.0. The number of thiophene rings is 1. The molecule has 5 nitrogen and oxygen atoms in total. The molecule has 4 rings (SSSR count). The van der Waals surface area contributed by atoms with Crippen LogP contribution in [0.2, 0.25) is 0 Å². The predicted octanol–water partition coefficient (Wildman–Crippen LogP) is 3.29. The summed E-state index contributed by atoms with van der Waals surface area (Å²) in [5, 5.41) is 5.84. The van der Waals surface area contributed by atoms with Crippen molar-refractivity contribution in [1.82, 2.24) is 19.5 Å². The Bertz CT molecular complexity index is 921. The van der Waals surface area contributed by atoms with Crippen LogP contribution in [0.4, 0.5) is 4.39 Å². The van der Waals surface area contributed by atoms with E-state index in [1.807, 2.05) is 13.1 Å². The molecule has 0 fully saturated rings. The van der Waals surface area contributed by atoms with Crippen LogP contribution in [-0.2, 0) is 6.42 Å². The molecule has 8 heteroatoms. The van der Waals surface area contributed by atoms with Crippen molar-refractivity contribution in [2.45, 2.75) is 19.4 Å². The predicted molar refractivity (Wildman–Crippen MR) is 93.1 cm³/mol. The molecule has 1 aliphatic heterocycles. The Morgan fingerprint density at radius 2 is 2.35 bits per heavy atom. The largest absolute Gasteiger partial charge is 0.330 e. The van der Waals surface area contributed by atoms with E-state index in [2.05, 4.69) is 32.7 Å². The van der Waals surface area contributed by atoms with Crippen LogP contribution in [0.25, 0.3) is 5.65 Å². The fourth-order valence-electron chi connectivity index (χ4n) is 2.96. The van der Waals surface area contributed by atoms with Gasteiger partial charge < -0.3 is 4.90 Å². The van der Waals surface area contributed by atoms with E-state index in [-0.39, 0.29) is 17.8 Å². The zero-order valence-electron chi connectivity index (χ0n) is 12.2. The smallest absolute Gasteiger partial charge is 0.274 e. The second-order valence-corrected chi connectivity index (χ2v) is 7.66. The van der Waals surface area contributed by atoms with Crippen molar-refractivity contribution in [3.63, 3.8) is 0 Å². The molecule has 0 aromatic carbocycles. The molecule has 0 N–H and O–H groups in total. The first kappa shape index (κ1) is 15.0. The Morgan fingerprint density at radius 1 is 1.52 bits per heavy atom. The lowest BCUT2D eigenvalue weighted by molar-refractivity contribution is 0.0669. The molecular weight excluding hydrogens is 430 g/mol. The summed E-state index contributed by atoms with van der Waals surface area (Å²) in [6.45, 7) is 2.44. The van der Waals surface area contributed by atoms with E-state index in [1.54, 1.807) is 21.7 Å². The molecule has 23 heavy (non-hydrogen) atoms. The first-order valence-electron chi connectivity index (χ1n) is 7.12. The summed E-state index contributed by atoms with van der Waals surface area (Å²) in [4.78, 5) is 19.8. The van der Waals surface area contributed by atoms with Gasteiger partial charge in [0.05, 0.1) is 6.04 Å². The Balaban J connectivity index is 1.69. The highest BCUT2D eigenvalue weighted by molar-refractivity contribution is 14.1. The fraction of sp³-hybridized carbons (Fsp3) is 0.267. The number of halogens is 2. The Kier molecular flexibility index (Phi) is 3.60. The number of hydrogen-bond donors (Lipinski definition) is 0. The topological polar surface area (TPSA) is 50.5 Å². The number of rotatable bonds is 1. The van der Waals surface area contributed by atoms with Crippen LogP contribution in [0.15, 0.2) is 23.8 Å². The van der Waals surface area contributed by atoms with Gasteiger partial charge in [0.15, 0.2) is 11.3 Å². The van der Waals surface area contributed by atoms with Crippen LogP contribution in [0, 0.1) is 9.39 Å². The molecule has 0 saturated carbocycles. The molecule has 0 spiro atoms. The third-order valence-electron chi connectivity index (χ3n) is 4.09. The summed E-state index contributed by atoms with van der Waals surface area (Å²) in [5.41, 5.74) is 1.61. The van der Waals surface area contributed by atoms with Gasteiger partial charge in [-0.3, -0.25) is 4.79 Å². The number of amides is 1. The Labute approximate surface area is 149 Å². The van der Waals surface area contributed by atoms with Crippen LogP contribution in [-0.4, -0.2) is 31.9 Å². The number of nitrogens with zero attached hydrogens (tertiary/aromatic N) is 4. The third-order valence-corrected chi connectivity index (χ3v) is 5.68. The third kappa shape index (κ3) is 2.44. The Hall–Kier alpha value is -1.55. The number of fused-ring (bicyclic) bond motifs is 2. The molecule has 0 radical (unpaired) electrons. The average molecular weight is 442 g/mol. The lowest BCUT2D eigenvalue weighted by Gasteiger charge is -2.33. The van der Waals surface area contributed by atoms with Crippen LogP contribution < -0.4 is 0 Å². The molecule has 118 valence electrons. The van der Waals surface area contributed by atoms with Gasteiger partial charge in [-0.1, -0.05) is 0 Å². The molecule has 0 saturated heterocycles. The molecule has 4 heterocycles. The molecule has 0 bridgehead atoms. The number of aromatic nitrogens is 3. The molecule has 1 atom stereocenters. The summed E-state index contributed by atoms with van der Waals surface area (Å²) in [6, 6.07) is 1.39. The summed E-state index contributed by atoms with van der Waals surface area (Å²) >= 11 is 3.57.